The maximum atomic E-state index is 6.98. The lowest BCUT2D eigenvalue weighted by Crippen LogP contribution is -2.10. The summed E-state index contributed by atoms with van der Waals surface area (Å²) in [6, 6.07) is 72.9. The first kappa shape index (κ1) is 33.1. The van der Waals surface area contributed by atoms with Gasteiger partial charge in [-0.05, 0) is 141 Å². The molecule has 13 rings (SSSR count). The summed E-state index contributed by atoms with van der Waals surface area (Å²) in [5.41, 5.74) is 17.3. The van der Waals surface area contributed by atoms with Gasteiger partial charge in [0, 0.05) is 44.2 Å². The fourth-order valence-electron chi connectivity index (χ4n) is 9.95. The summed E-state index contributed by atoms with van der Waals surface area (Å²) in [4.78, 5) is 2.34. The van der Waals surface area contributed by atoms with Crippen molar-refractivity contribution in [2.45, 2.75) is 6.92 Å². The number of hydrogen-bond acceptors (Lipinski definition) is 2. The van der Waals surface area contributed by atoms with Crippen molar-refractivity contribution < 1.29 is 4.42 Å². The van der Waals surface area contributed by atoms with Crippen LogP contribution in [0, 0.1) is 6.92 Å². The summed E-state index contributed by atoms with van der Waals surface area (Å²) >= 11 is 0. The Kier molecular flexibility index (Phi) is 6.93. The van der Waals surface area contributed by atoms with Gasteiger partial charge in [0.25, 0.3) is 0 Å². The molecule has 2 heterocycles. The highest BCUT2D eigenvalue weighted by atomic mass is 16.3. The quantitative estimate of drug-likeness (QED) is 0.174. The van der Waals surface area contributed by atoms with Crippen LogP contribution < -0.4 is 4.90 Å². The van der Waals surface area contributed by atoms with E-state index in [0.29, 0.717) is 0 Å². The van der Waals surface area contributed by atoms with Crippen LogP contribution in [0.4, 0.5) is 17.1 Å². The molecule has 0 fully saturated rings. The van der Waals surface area contributed by atoms with Crippen molar-refractivity contribution in [3.05, 3.63) is 206 Å². The molecule has 60 heavy (non-hydrogen) atoms. The van der Waals surface area contributed by atoms with Gasteiger partial charge in [0.1, 0.15) is 5.58 Å². The van der Waals surface area contributed by atoms with Crippen LogP contribution in [-0.2, 0) is 0 Å². The van der Waals surface area contributed by atoms with Crippen LogP contribution in [0.3, 0.4) is 0 Å². The van der Waals surface area contributed by atoms with Gasteiger partial charge in [-0.2, -0.15) is 0 Å². The first-order valence-electron chi connectivity index (χ1n) is 20.7. The summed E-state index contributed by atoms with van der Waals surface area (Å²) in [5, 5.41) is 9.70. The van der Waals surface area contributed by atoms with Crippen LogP contribution in [0.1, 0.15) is 5.56 Å². The van der Waals surface area contributed by atoms with E-state index < -0.39 is 0 Å². The molecule has 0 aliphatic heterocycles. The molecule has 0 radical (unpaired) electrons. The van der Waals surface area contributed by atoms with E-state index in [0.717, 1.165) is 44.6 Å². The van der Waals surface area contributed by atoms with E-state index in [2.05, 4.69) is 217 Å². The lowest BCUT2D eigenvalue weighted by Gasteiger charge is -2.28. The van der Waals surface area contributed by atoms with Crippen molar-refractivity contribution in [2.75, 3.05) is 4.90 Å². The Morgan fingerprint density at radius 1 is 0.367 bits per heavy atom. The van der Waals surface area contributed by atoms with Gasteiger partial charge in [-0.15, -0.1) is 0 Å². The predicted octanol–water partition coefficient (Wildman–Crippen LogP) is 16.1. The number of fused-ring (bicyclic) bond motifs is 12. The molecule has 0 saturated heterocycles. The Bertz CT molecular complexity index is 3690. The minimum Gasteiger partial charge on any atom is -0.453 e. The molecular formula is C57H36N2O. The van der Waals surface area contributed by atoms with Crippen LogP contribution in [-0.4, -0.2) is 4.57 Å². The molecule has 0 saturated carbocycles. The predicted molar refractivity (Wildman–Crippen MR) is 252 cm³/mol. The Hall–Kier alpha value is -7.88. The van der Waals surface area contributed by atoms with Crippen molar-refractivity contribution in [1.82, 2.24) is 4.57 Å². The van der Waals surface area contributed by atoms with Crippen LogP contribution in [0.25, 0.3) is 104 Å². The third kappa shape index (κ3) is 4.78. The molecule has 3 heteroatoms. The number of anilines is 3. The Morgan fingerprint density at radius 3 is 1.63 bits per heavy atom. The van der Waals surface area contributed by atoms with Crippen molar-refractivity contribution in [1.29, 1.82) is 0 Å². The molecule has 1 aliphatic rings. The summed E-state index contributed by atoms with van der Waals surface area (Å²) in [6.45, 7) is 2.16. The summed E-state index contributed by atoms with van der Waals surface area (Å²) in [6.07, 6.45) is 0. The number of furan rings is 1. The zero-order valence-electron chi connectivity index (χ0n) is 32.9. The molecule has 0 bridgehead atoms. The number of hydrogen-bond donors (Lipinski definition) is 0. The summed E-state index contributed by atoms with van der Waals surface area (Å²) in [5.74, 6) is 0. The zero-order valence-corrected chi connectivity index (χ0v) is 32.9. The zero-order chi connectivity index (χ0) is 39.5. The number of benzene rings is 10. The third-order valence-corrected chi connectivity index (χ3v) is 12.8. The van der Waals surface area contributed by atoms with Crippen LogP contribution in [0.15, 0.2) is 205 Å². The van der Waals surface area contributed by atoms with E-state index in [1.165, 1.54) is 82.4 Å². The van der Waals surface area contributed by atoms with Crippen LogP contribution in [0.5, 0.6) is 0 Å². The Morgan fingerprint density at radius 2 is 0.917 bits per heavy atom. The van der Waals surface area contributed by atoms with Crippen molar-refractivity contribution >= 4 is 82.4 Å². The minimum absolute atomic E-state index is 0.872. The van der Waals surface area contributed by atoms with Gasteiger partial charge in [-0.1, -0.05) is 121 Å². The van der Waals surface area contributed by atoms with Gasteiger partial charge in [-0.25, -0.2) is 0 Å². The first-order chi connectivity index (χ1) is 29.7. The summed E-state index contributed by atoms with van der Waals surface area (Å²) < 4.78 is 9.38. The molecule has 0 amide bonds. The number of para-hydroxylation sites is 5. The first-order valence-corrected chi connectivity index (χ1v) is 20.7. The molecule has 3 nitrogen and oxygen atoms in total. The second-order valence-electron chi connectivity index (χ2n) is 16.2. The lowest BCUT2D eigenvalue weighted by atomic mass is 9.78. The highest BCUT2D eigenvalue weighted by Crippen LogP contribution is 2.51. The largest absolute Gasteiger partial charge is 0.453 e. The number of nitrogens with zero attached hydrogens (tertiary/aromatic N) is 2. The maximum Gasteiger partial charge on any atom is 0.159 e. The van der Waals surface area contributed by atoms with Gasteiger partial charge in [-0.3, -0.25) is 0 Å². The standard InChI is InChI=1S/C57H36N2O/c1-35-13-5-6-16-43(35)46-19-11-20-47-48-21-12-24-55(57(48)60-56(46)47)58(40-14-3-2-4-15-40)41-27-25-36-31-49-51(33-38(36)29-41)50-32-37-26-28-42(30-39(37)34-52(49)50)59-53-22-9-7-17-44(53)45-18-8-10-23-54(45)59/h2-34H,1H3. The van der Waals surface area contributed by atoms with Crippen LogP contribution >= 0.6 is 0 Å². The molecule has 0 atom stereocenters. The number of aromatic nitrogens is 1. The highest BCUT2D eigenvalue weighted by Gasteiger charge is 2.26. The van der Waals surface area contributed by atoms with Gasteiger partial charge in [0.15, 0.2) is 5.58 Å². The van der Waals surface area contributed by atoms with Gasteiger partial charge in [0.05, 0.1) is 16.7 Å². The lowest BCUT2D eigenvalue weighted by molar-refractivity contribution is 0.670. The highest BCUT2D eigenvalue weighted by molar-refractivity contribution is 6.15. The van der Waals surface area contributed by atoms with E-state index in [9.17, 15) is 0 Å². The smallest absolute Gasteiger partial charge is 0.159 e. The molecule has 0 spiro atoms. The van der Waals surface area contributed by atoms with Gasteiger partial charge >= 0.3 is 0 Å². The molecular weight excluding hydrogens is 729 g/mol. The molecule has 10 aromatic carbocycles. The van der Waals surface area contributed by atoms with E-state index >= 15 is 0 Å². The average molecular weight is 765 g/mol. The number of aryl methyl sites for hydroxylation is 1. The molecule has 1 aliphatic carbocycles. The minimum atomic E-state index is 0.872. The van der Waals surface area contributed by atoms with Crippen molar-refractivity contribution in [3.8, 4) is 39.1 Å². The monoisotopic (exact) mass is 764 g/mol. The fourth-order valence-corrected chi connectivity index (χ4v) is 9.95. The fraction of sp³-hybridized carbons (Fsp3) is 0.0175. The SMILES string of the molecule is Cc1ccccc1-c1cccc2c1oc1c(N(c3ccccc3)c3ccc4cc5c(cc4c3)-c3cc4ccc(-n6c7ccccc7c7ccccc76)cc4cc3-5)cccc12. The Labute approximate surface area is 346 Å². The molecule has 280 valence electrons. The normalized spacial score (nSPS) is 12.1. The maximum absolute atomic E-state index is 6.98. The van der Waals surface area contributed by atoms with Crippen LogP contribution in [0.2, 0.25) is 0 Å². The Balaban J connectivity index is 0.924. The summed E-state index contributed by atoms with van der Waals surface area (Å²) in [7, 11) is 0. The molecule has 2 aromatic heterocycles. The van der Waals surface area contributed by atoms with Crippen molar-refractivity contribution in [3.63, 3.8) is 0 Å². The van der Waals surface area contributed by atoms with Gasteiger partial charge in [0.2, 0.25) is 0 Å². The van der Waals surface area contributed by atoms with E-state index in [4.69, 9.17) is 4.42 Å². The third-order valence-electron chi connectivity index (χ3n) is 12.8. The second kappa shape index (κ2) is 12.6. The number of rotatable bonds is 5. The van der Waals surface area contributed by atoms with E-state index in [1.54, 1.807) is 0 Å². The average Bonchev–Trinajstić information content (AvgIpc) is 3.85. The molecule has 0 unspecified atom stereocenters. The van der Waals surface area contributed by atoms with E-state index in [1.807, 2.05) is 0 Å². The second-order valence-corrected chi connectivity index (χ2v) is 16.2. The molecule has 0 N–H and O–H groups in total. The topological polar surface area (TPSA) is 21.3 Å². The van der Waals surface area contributed by atoms with E-state index in [-0.39, 0.29) is 0 Å². The van der Waals surface area contributed by atoms with Gasteiger partial charge < -0.3 is 13.9 Å². The van der Waals surface area contributed by atoms with Crippen molar-refractivity contribution in [2.24, 2.45) is 0 Å². The molecule has 12 aromatic rings.